The van der Waals surface area contributed by atoms with E-state index in [1.807, 2.05) is 0 Å². The normalized spacial score (nSPS) is 25.7. The SMILES string of the molecule is COC1=CC(=O)[C@@]2(Oc3cc(OC)cc(OC)c3C2=O)[C@H](C)C1. The van der Waals surface area contributed by atoms with Crippen LogP contribution in [-0.2, 0) is 9.53 Å². The van der Waals surface area contributed by atoms with Crippen molar-refractivity contribution in [2.75, 3.05) is 21.3 Å². The summed E-state index contributed by atoms with van der Waals surface area (Å²) >= 11 is 0. The van der Waals surface area contributed by atoms with Gasteiger partial charge in [-0.3, -0.25) is 9.59 Å². The topological polar surface area (TPSA) is 71.1 Å². The Bertz CT molecular complexity index is 720. The van der Waals surface area contributed by atoms with Crippen LogP contribution in [0.5, 0.6) is 17.2 Å². The van der Waals surface area contributed by atoms with E-state index >= 15 is 0 Å². The molecule has 3 rings (SSSR count). The van der Waals surface area contributed by atoms with Crippen molar-refractivity contribution < 1.29 is 28.5 Å². The Labute approximate surface area is 134 Å². The zero-order valence-corrected chi connectivity index (χ0v) is 13.5. The van der Waals surface area contributed by atoms with Crippen molar-refractivity contribution in [3.05, 3.63) is 29.5 Å². The van der Waals surface area contributed by atoms with Gasteiger partial charge in [-0.1, -0.05) is 6.92 Å². The van der Waals surface area contributed by atoms with Crippen molar-refractivity contribution in [3.63, 3.8) is 0 Å². The molecule has 0 fully saturated rings. The van der Waals surface area contributed by atoms with E-state index in [4.69, 9.17) is 18.9 Å². The van der Waals surface area contributed by atoms with E-state index in [1.54, 1.807) is 19.1 Å². The van der Waals surface area contributed by atoms with Crippen LogP contribution >= 0.6 is 0 Å². The van der Waals surface area contributed by atoms with Gasteiger partial charge < -0.3 is 18.9 Å². The Kier molecular flexibility index (Phi) is 3.55. The molecule has 6 nitrogen and oxygen atoms in total. The van der Waals surface area contributed by atoms with Crippen LogP contribution in [0, 0.1) is 5.92 Å². The number of hydrogen-bond donors (Lipinski definition) is 0. The number of fused-ring (bicyclic) bond motifs is 1. The smallest absolute Gasteiger partial charge is 0.236 e. The molecule has 6 heteroatoms. The van der Waals surface area contributed by atoms with Crippen LogP contribution in [0.15, 0.2) is 24.0 Å². The van der Waals surface area contributed by atoms with Crippen molar-refractivity contribution in [1.29, 1.82) is 0 Å². The van der Waals surface area contributed by atoms with E-state index in [-0.39, 0.29) is 17.3 Å². The van der Waals surface area contributed by atoms with E-state index in [0.717, 1.165) is 0 Å². The first kappa shape index (κ1) is 15.4. The fraction of sp³-hybridized carbons (Fsp3) is 0.412. The summed E-state index contributed by atoms with van der Waals surface area (Å²) in [5, 5.41) is 0. The van der Waals surface area contributed by atoms with Gasteiger partial charge in [0.05, 0.1) is 27.1 Å². The van der Waals surface area contributed by atoms with Crippen LogP contribution in [0.1, 0.15) is 23.7 Å². The zero-order chi connectivity index (χ0) is 16.8. The average Bonchev–Trinajstić information content (AvgIpc) is 2.85. The standard InChI is InChI=1S/C17H18O6/c1-9-5-10(20-2)8-14(18)17(9)16(19)15-12(22-4)6-11(21-3)7-13(15)23-17/h6-9H,5H2,1-4H3/t9-,17+/m1/s1. The second-order valence-electron chi connectivity index (χ2n) is 5.65. The molecule has 1 aromatic rings. The van der Waals surface area contributed by atoms with Crippen molar-refractivity contribution in [3.8, 4) is 17.2 Å². The molecule has 0 N–H and O–H groups in total. The number of ether oxygens (including phenoxy) is 4. The first-order valence-corrected chi connectivity index (χ1v) is 7.26. The van der Waals surface area contributed by atoms with Crippen molar-refractivity contribution in [2.45, 2.75) is 18.9 Å². The highest BCUT2D eigenvalue weighted by Gasteiger charge is 2.59. The zero-order valence-electron chi connectivity index (χ0n) is 13.5. The van der Waals surface area contributed by atoms with E-state index in [0.29, 0.717) is 29.4 Å². The lowest BCUT2D eigenvalue weighted by atomic mass is 9.75. The van der Waals surface area contributed by atoms with Crippen LogP contribution in [0.25, 0.3) is 0 Å². The molecule has 0 aromatic heterocycles. The van der Waals surface area contributed by atoms with E-state index in [2.05, 4.69) is 0 Å². The van der Waals surface area contributed by atoms with Crippen LogP contribution < -0.4 is 14.2 Å². The molecular weight excluding hydrogens is 300 g/mol. The van der Waals surface area contributed by atoms with Crippen molar-refractivity contribution in [1.82, 2.24) is 0 Å². The Morgan fingerprint density at radius 1 is 1.13 bits per heavy atom. The molecule has 0 radical (unpaired) electrons. The number of benzene rings is 1. The summed E-state index contributed by atoms with van der Waals surface area (Å²) in [5.74, 6) is 0.541. The minimum absolute atomic E-state index is 0.280. The van der Waals surface area contributed by atoms with E-state index < -0.39 is 11.4 Å². The summed E-state index contributed by atoms with van der Waals surface area (Å²) in [6.07, 6.45) is 1.79. The Hall–Kier alpha value is -2.50. The lowest BCUT2D eigenvalue weighted by Gasteiger charge is -2.34. The molecule has 1 aliphatic heterocycles. The molecule has 0 bridgehead atoms. The predicted octanol–water partition coefficient (Wildman–Crippen LogP) is 2.16. The number of Topliss-reactive ketones (excluding diaryl/α,β-unsaturated/α-hetero) is 1. The van der Waals surface area contributed by atoms with Gasteiger partial charge in [0.15, 0.2) is 0 Å². The molecule has 1 aromatic carbocycles. The van der Waals surface area contributed by atoms with Gasteiger partial charge in [-0.05, 0) is 0 Å². The maximum Gasteiger partial charge on any atom is 0.236 e. The van der Waals surface area contributed by atoms with E-state index in [1.165, 1.54) is 27.4 Å². The number of carbonyl (C=O) groups excluding carboxylic acids is 2. The second-order valence-corrected chi connectivity index (χ2v) is 5.65. The summed E-state index contributed by atoms with van der Waals surface area (Å²) in [6, 6.07) is 3.20. The molecule has 23 heavy (non-hydrogen) atoms. The first-order chi connectivity index (χ1) is 11.0. The molecule has 0 amide bonds. The maximum absolute atomic E-state index is 13.0. The Morgan fingerprint density at radius 2 is 1.87 bits per heavy atom. The first-order valence-electron chi connectivity index (χ1n) is 7.26. The van der Waals surface area contributed by atoms with Gasteiger partial charge in [-0.2, -0.15) is 0 Å². The highest BCUT2D eigenvalue weighted by molar-refractivity contribution is 6.25. The van der Waals surface area contributed by atoms with Gasteiger partial charge >= 0.3 is 0 Å². The molecule has 0 saturated carbocycles. The fourth-order valence-corrected chi connectivity index (χ4v) is 3.18. The largest absolute Gasteiger partial charge is 0.501 e. The minimum atomic E-state index is -1.55. The summed E-state index contributed by atoms with van der Waals surface area (Å²) in [7, 11) is 4.47. The molecule has 1 spiro atoms. The van der Waals surface area contributed by atoms with Gasteiger partial charge in [0.2, 0.25) is 17.2 Å². The predicted molar refractivity (Wildman–Crippen MR) is 81.1 cm³/mol. The summed E-state index contributed by atoms with van der Waals surface area (Å²) in [4.78, 5) is 25.7. The number of allylic oxidation sites excluding steroid dienone is 1. The number of ketones is 2. The minimum Gasteiger partial charge on any atom is -0.501 e. The molecule has 2 aliphatic rings. The molecular formula is C17H18O6. The lowest BCUT2D eigenvalue weighted by molar-refractivity contribution is -0.129. The van der Waals surface area contributed by atoms with Gasteiger partial charge in [-0.25, -0.2) is 0 Å². The lowest BCUT2D eigenvalue weighted by Crippen LogP contribution is -2.54. The van der Waals surface area contributed by atoms with Crippen LogP contribution in [0.4, 0.5) is 0 Å². The Balaban J connectivity index is 2.14. The second kappa shape index (κ2) is 5.30. The third-order valence-electron chi connectivity index (χ3n) is 4.45. The van der Waals surface area contributed by atoms with Gasteiger partial charge in [0.25, 0.3) is 0 Å². The number of hydrogen-bond acceptors (Lipinski definition) is 6. The van der Waals surface area contributed by atoms with Crippen molar-refractivity contribution in [2.24, 2.45) is 5.92 Å². The highest BCUT2D eigenvalue weighted by Crippen LogP contribution is 2.48. The van der Waals surface area contributed by atoms with E-state index in [9.17, 15) is 9.59 Å². The van der Waals surface area contributed by atoms with Gasteiger partial charge in [0.1, 0.15) is 22.8 Å². The van der Waals surface area contributed by atoms with Crippen LogP contribution in [-0.4, -0.2) is 38.5 Å². The quantitative estimate of drug-likeness (QED) is 0.795. The average molecular weight is 318 g/mol. The number of rotatable bonds is 3. The van der Waals surface area contributed by atoms with Gasteiger partial charge in [0, 0.05) is 30.5 Å². The van der Waals surface area contributed by atoms with Gasteiger partial charge in [-0.15, -0.1) is 0 Å². The number of methoxy groups -OCH3 is 3. The van der Waals surface area contributed by atoms with Crippen LogP contribution in [0.3, 0.4) is 0 Å². The molecule has 0 saturated heterocycles. The van der Waals surface area contributed by atoms with Crippen molar-refractivity contribution >= 4 is 11.6 Å². The molecule has 0 unspecified atom stereocenters. The molecule has 1 aliphatic carbocycles. The third-order valence-corrected chi connectivity index (χ3v) is 4.45. The van der Waals surface area contributed by atoms with Crippen LogP contribution in [0.2, 0.25) is 0 Å². The molecule has 2 atom stereocenters. The number of carbonyl (C=O) groups is 2. The maximum atomic E-state index is 13.0. The molecule has 122 valence electrons. The molecule has 1 heterocycles. The summed E-state index contributed by atoms with van der Waals surface area (Å²) < 4.78 is 21.5. The Morgan fingerprint density at radius 3 is 2.43 bits per heavy atom. The monoisotopic (exact) mass is 318 g/mol. The highest BCUT2D eigenvalue weighted by atomic mass is 16.5. The third kappa shape index (κ3) is 2.01. The fourth-order valence-electron chi connectivity index (χ4n) is 3.18. The summed E-state index contributed by atoms with van der Waals surface area (Å²) in [5.41, 5.74) is -1.27. The summed E-state index contributed by atoms with van der Waals surface area (Å²) in [6.45, 7) is 1.80.